The smallest absolute Gasteiger partial charge is 0.191 e. The topological polar surface area (TPSA) is 59.1 Å². The van der Waals surface area contributed by atoms with Crippen LogP contribution in [0.5, 0.6) is 5.75 Å². The second-order valence-corrected chi connectivity index (χ2v) is 5.15. The monoisotopic (exact) mass is 304 g/mol. The fourth-order valence-corrected chi connectivity index (χ4v) is 2.09. The Bertz CT molecular complexity index is 552. The molecule has 0 aliphatic heterocycles. The van der Waals surface area contributed by atoms with Crippen LogP contribution in [0.4, 0.5) is 17.3 Å². The summed E-state index contributed by atoms with van der Waals surface area (Å²) in [7, 11) is 1.84. The van der Waals surface area contributed by atoms with Gasteiger partial charge in [0.15, 0.2) is 5.16 Å². The van der Waals surface area contributed by atoms with Crippen molar-refractivity contribution in [3.63, 3.8) is 0 Å². The van der Waals surface area contributed by atoms with E-state index in [2.05, 4.69) is 27.5 Å². The minimum absolute atomic E-state index is 0.729. The van der Waals surface area contributed by atoms with E-state index in [1.54, 1.807) is 0 Å². The van der Waals surface area contributed by atoms with Gasteiger partial charge in [-0.3, -0.25) is 0 Å². The number of hydrogen-bond donors (Lipinski definition) is 2. The maximum atomic E-state index is 5.57. The van der Waals surface area contributed by atoms with E-state index >= 15 is 0 Å². The first-order valence-corrected chi connectivity index (χ1v) is 8.08. The minimum Gasteiger partial charge on any atom is -0.494 e. The lowest BCUT2D eigenvalue weighted by atomic mass is 10.3. The molecule has 0 fully saturated rings. The fourth-order valence-electron chi connectivity index (χ4n) is 1.71. The van der Waals surface area contributed by atoms with Crippen LogP contribution in [0.15, 0.2) is 35.5 Å². The molecule has 112 valence electrons. The third-order valence-corrected chi connectivity index (χ3v) is 3.29. The third-order valence-electron chi connectivity index (χ3n) is 2.74. The number of anilines is 3. The van der Waals surface area contributed by atoms with Gasteiger partial charge in [0.2, 0.25) is 0 Å². The van der Waals surface area contributed by atoms with E-state index in [9.17, 15) is 0 Å². The number of rotatable bonds is 7. The van der Waals surface area contributed by atoms with E-state index in [1.165, 1.54) is 11.8 Å². The van der Waals surface area contributed by atoms with Gasteiger partial charge in [-0.1, -0.05) is 18.7 Å². The van der Waals surface area contributed by atoms with Crippen LogP contribution in [0, 0.1) is 0 Å². The van der Waals surface area contributed by atoms with Gasteiger partial charge >= 0.3 is 0 Å². The molecule has 0 bridgehead atoms. The van der Waals surface area contributed by atoms with Gasteiger partial charge in [-0.05, 0) is 36.9 Å². The molecule has 0 unspecified atom stereocenters. The first-order valence-electron chi connectivity index (χ1n) is 6.86. The SMILES string of the molecule is CCCOc1ccc(Nc2cc(NC)nc(SC)n2)cc1. The van der Waals surface area contributed by atoms with Gasteiger partial charge in [-0.2, -0.15) is 0 Å². The highest BCUT2D eigenvalue weighted by atomic mass is 32.2. The fraction of sp³-hybridized carbons (Fsp3) is 0.333. The Morgan fingerprint density at radius 2 is 1.86 bits per heavy atom. The van der Waals surface area contributed by atoms with Crippen molar-refractivity contribution >= 4 is 29.1 Å². The van der Waals surface area contributed by atoms with Crippen molar-refractivity contribution in [2.45, 2.75) is 18.5 Å². The van der Waals surface area contributed by atoms with Crippen LogP contribution in [-0.4, -0.2) is 29.9 Å². The second-order valence-electron chi connectivity index (χ2n) is 4.37. The molecule has 2 aromatic rings. The molecule has 0 spiro atoms. The average molecular weight is 304 g/mol. The van der Waals surface area contributed by atoms with Crippen LogP contribution in [0.3, 0.4) is 0 Å². The van der Waals surface area contributed by atoms with Crippen molar-refractivity contribution in [3.05, 3.63) is 30.3 Å². The molecule has 0 aliphatic carbocycles. The molecule has 0 saturated carbocycles. The van der Waals surface area contributed by atoms with Gasteiger partial charge in [-0.25, -0.2) is 9.97 Å². The molecule has 0 atom stereocenters. The van der Waals surface area contributed by atoms with Crippen molar-refractivity contribution in [1.29, 1.82) is 0 Å². The Morgan fingerprint density at radius 3 is 2.48 bits per heavy atom. The van der Waals surface area contributed by atoms with Crippen LogP contribution < -0.4 is 15.4 Å². The molecule has 0 amide bonds. The highest BCUT2D eigenvalue weighted by Crippen LogP contribution is 2.22. The van der Waals surface area contributed by atoms with Gasteiger partial charge in [-0.15, -0.1) is 0 Å². The lowest BCUT2D eigenvalue weighted by Gasteiger charge is -2.10. The van der Waals surface area contributed by atoms with Crippen LogP contribution in [0.1, 0.15) is 13.3 Å². The summed E-state index contributed by atoms with van der Waals surface area (Å²) in [6, 6.07) is 9.73. The van der Waals surface area contributed by atoms with Crippen LogP contribution in [-0.2, 0) is 0 Å². The summed E-state index contributed by atoms with van der Waals surface area (Å²) in [6.45, 7) is 2.83. The Hall–Kier alpha value is -1.95. The molecule has 2 rings (SSSR count). The molecule has 0 aliphatic rings. The molecule has 1 aromatic carbocycles. The highest BCUT2D eigenvalue weighted by Gasteiger charge is 2.04. The zero-order valence-corrected chi connectivity index (χ0v) is 13.3. The minimum atomic E-state index is 0.729. The summed E-state index contributed by atoms with van der Waals surface area (Å²) in [6.07, 6.45) is 2.96. The molecule has 6 heteroatoms. The molecular formula is C15H20N4OS. The Kier molecular flexibility index (Phi) is 5.68. The number of hydrogen-bond acceptors (Lipinski definition) is 6. The third kappa shape index (κ3) is 4.53. The number of nitrogens with one attached hydrogen (secondary N) is 2. The molecule has 1 heterocycles. The summed E-state index contributed by atoms with van der Waals surface area (Å²) < 4.78 is 5.57. The molecule has 1 aromatic heterocycles. The molecule has 0 radical (unpaired) electrons. The summed E-state index contributed by atoms with van der Waals surface area (Å²) in [5, 5.41) is 7.04. The van der Waals surface area contributed by atoms with E-state index in [0.29, 0.717) is 0 Å². The molecule has 2 N–H and O–H groups in total. The maximum Gasteiger partial charge on any atom is 0.191 e. The average Bonchev–Trinajstić information content (AvgIpc) is 2.53. The summed E-state index contributed by atoms with van der Waals surface area (Å²) >= 11 is 1.51. The summed E-state index contributed by atoms with van der Waals surface area (Å²) in [5.74, 6) is 2.44. The summed E-state index contributed by atoms with van der Waals surface area (Å²) in [4.78, 5) is 8.78. The largest absolute Gasteiger partial charge is 0.494 e. The first-order chi connectivity index (χ1) is 10.2. The summed E-state index contributed by atoms with van der Waals surface area (Å²) in [5.41, 5.74) is 0.964. The van der Waals surface area contributed by atoms with Crippen LogP contribution in [0.2, 0.25) is 0 Å². The van der Waals surface area contributed by atoms with E-state index in [-0.39, 0.29) is 0 Å². The number of ether oxygens (including phenoxy) is 1. The predicted molar refractivity (Wildman–Crippen MR) is 88.9 cm³/mol. The zero-order valence-electron chi connectivity index (χ0n) is 12.5. The zero-order chi connectivity index (χ0) is 15.1. The lowest BCUT2D eigenvalue weighted by molar-refractivity contribution is 0.317. The molecule has 5 nitrogen and oxygen atoms in total. The van der Waals surface area contributed by atoms with E-state index in [4.69, 9.17) is 4.74 Å². The van der Waals surface area contributed by atoms with Crippen molar-refractivity contribution in [1.82, 2.24) is 9.97 Å². The Balaban J connectivity index is 2.10. The van der Waals surface area contributed by atoms with Crippen LogP contribution >= 0.6 is 11.8 Å². The molecular weight excluding hydrogens is 284 g/mol. The van der Waals surface area contributed by atoms with E-state index < -0.39 is 0 Å². The van der Waals surface area contributed by atoms with Crippen LogP contribution in [0.25, 0.3) is 0 Å². The normalized spacial score (nSPS) is 10.2. The highest BCUT2D eigenvalue weighted by molar-refractivity contribution is 7.98. The quantitative estimate of drug-likeness (QED) is 0.600. The van der Waals surface area contributed by atoms with Crippen molar-refractivity contribution in [2.24, 2.45) is 0 Å². The second kappa shape index (κ2) is 7.73. The molecule has 0 saturated heterocycles. The van der Waals surface area contributed by atoms with Crippen molar-refractivity contribution in [3.8, 4) is 5.75 Å². The Morgan fingerprint density at radius 1 is 1.14 bits per heavy atom. The number of benzene rings is 1. The number of nitrogens with zero attached hydrogens (tertiary/aromatic N) is 2. The first kappa shape index (κ1) is 15.4. The van der Waals surface area contributed by atoms with Crippen molar-refractivity contribution < 1.29 is 4.74 Å². The van der Waals surface area contributed by atoms with Gasteiger partial charge in [0.25, 0.3) is 0 Å². The standard InChI is InChI=1S/C15H20N4OS/c1-4-9-20-12-7-5-11(6-8-12)17-14-10-13(16-2)18-15(19-14)21-3/h5-8,10H,4,9H2,1-3H3,(H2,16,17,18,19). The number of thioether (sulfide) groups is 1. The number of aromatic nitrogens is 2. The Labute approximate surface area is 129 Å². The van der Waals surface area contributed by atoms with E-state index in [0.717, 1.165) is 41.3 Å². The van der Waals surface area contributed by atoms with Gasteiger partial charge < -0.3 is 15.4 Å². The van der Waals surface area contributed by atoms with Gasteiger partial charge in [0.05, 0.1) is 6.61 Å². The van der Waals surface area contributed by atoms with Gasteiger partial charge in [0.1, 0.15) is 17.4 Å². The molecule has 21 heavy (non-hydrogen) atoms. The lowest BCUT2D eigenvalue weighted by Crippen LogP contribution is -2.00. The van der Waals surface area contributed by atoms with E-state index in [1.807, 2.05) is 43.6 Å². The van der Waals surface area contributed by atoms with Gasteiger partial charge in [0, 0.05) is 18.8 Å². The maximum absolute atomic E-state index is 5.57. The van der Waals surface area contributed by atoms with Crippen molar-refractivity contribution in [2.75, 3.05) is 30.5 Å². The predicted octanol–water partition coefficient (Wildman–Crippen LogP) is 3.77.